The van der Waals surface area contributed by atoms with Crippen LogP contribution in [0.25, 0.3) is 0 Å². The topological polar surface area (TPSA) is 56.5 Å². The van der Waals surface area contributed by atoms with Crippen molar-refractivity contribution in [1.82, 2.24) is 5.43 Å². The highest BCUT2D eigenvalue weighted by atomic mass is 127. The molecule has 1 unspecified atom stereocenters. The van der Waals surface area contributed by atoms with Gasteiger partial charge in [-0.25, -0.2) is 5.43 Å². The zero-order valence-corrected chi connectivity index (χ0v) is 13.0. The molecule has 1 heterocycles. The van der Waals surface area contributed by atoms with Crippen LogP contribution in [0.1, 0.15) is 17.2 Å². The van der Waals surface area contributed by atoms with Gasteiger partial charge in [0.05, 0.1) is 6.04 Å². The first kappa shape index (κ1) is 13.7. The van der Waals surface area contributed by atoms with E-state index in [1.807, 2.05) is 18.2 Å². The second-order valence-corrected chi connectivity index (χ2v) is 5.80. The maximum atomic E-state index is 5.73. The van der Waals surface area contributed by atoms with E-state index in [2.05, 4.69) is 52.3 Å². The molecule has 0 bridgehead atoms. The van der Waals surface area contributed by atoms with Gasteiger partial charge in [0.25, 0.3) is 0 Å². The Morgan fingerprint density at radius 1 is 0.950 bits per heavy atom. The number of nitrogens with one attached hydrogen (secondary N) is 1. The molecule has 2 aromatic carbocycles. The maximum absolute atomic E-state index is 5.73. The van der Waals surface area contributed by atoms with Gasteiger partial charge in [-0.2, -0.15) is 0 Å². The first-order valence-electron chi connectivity index (χ1n) is 6.39. The second kappa shape index (κ2) is 5.99. The van der Waals surface area contributed by atoms with E-state index in [1.54, 1.807) is 0 Å². The van der Waals surface area contributed by atoms with Crippen LogP contribution in [-0.4, -0.2) is 13.2 Å². The van der Waals surface area contributed by atoms with Crippen molar-refractivity contribution in [2.75, 3.05) is 13.2 Å². The molecule has 1 aliphatic heterocycles. The van der Waals surface area contributed by atoms with Crippen molar-refractivity contribution in [2.45, 2.75) is 6.04 Å². The smallest absolute Gasteiger partial charge is 0.161 e. The Hall–Kier alpha value is -1.31. The highest BCUT2D eigenvalue weighted by molar-refractivity contribution is 14.1. The monoisotopic (exact) mass is 382 g/mol. The van der Waals surface area contributed by atoms with Gasteiger partial charge in [-0.05, 0) is 58.0 Å². The number of fused-ring (bicyclic) bond motifs is 1. The number of halogens is 1. The minimum Gasteiger partial charge on any atom is -0.486 e. The molecule has 20 heavy (non-hydrogen) atoms. The Labute approximate surface area is 131 Å². The van der Waals surface area contributed by atoms with E-state index in [9.17, 15) is 0 Å². The number of rotatable bonds is 3. The Balaban J connectivity index is 1.94. The third-order valence-electron chi connectivity index (χ3n) is 3.27. The molecule has 0 radical (unpaired) electrons. The summed E-state index contributed by atoms with van der Waals surface area (Å²) < 4.78 is 12.4. The lowest BCUT2D eigenvalue weighted by atomic mass is 9.99. The molecule has 0 amide bonds. The lowest BCUT2D eigenvalue weighted by molar-refractivity contribution is 0.171. The van der Waals surface area contributed by atoms with Crippen LogP contribution < -0.4 is 20.7 Å². The summed E-state index contributed by atoms with van der Waals surface area (Å²) in [4.78, 5) is 0. The average Bonchev–Trinajstić information content (AvgIpc) is 2.50. The Kier molecular flexibility index (Phi) is 4.09. The zero-order valence-electron chi connectivity index (χ0n) is 10.8. The van der Waals surface area contributed by atoms with E-state index in [0.717, 1.165) is 22.6 Å². The molecule has 3 rings (SSSR count). The number of benzene rings is 2. The van der Waals surface area contributed by atoms with E-state index in [0.29, 0.717) is 13.2 Å². The van der Waals surface area contributed by atoms with Crippen LogP contribution in [0.3, 0.4) is 0 Å². The number of nitrogens with two attached hydrogens (primary N) is 1. The number of ether oxygens (including phenoxy) is 2. The van der Waals surface area contributed by atoms with Gasteiger partial charge in [-0.1, -0.05) is 18.2 Å². The largest absolute Gasteiger partial charge is 0.486 e. The first-order valence-corrected chi connectivity index (χ1v) is 7.47. The van der Waals surface area contributed by atoms with Crippen molar-refractivity contribution in [3.63, 3.8) is 0 Å². The molecule has 4 nitrogen and oxygen atoms in total. The van der Waals surface area contributed by atoms with E-state index in [-0.39, 0.29) is 6.04 Å². The second-order valence-electron chi connectivity index (χ2n) is 4.55. The normalized spacial score (nSPS) is 14.9. The van der Waals surface area contributed by atoms with Crippen molar-refractivity contribution < 1.29 is 9.47 Å². The molecule has 0 aromatic heterocycles. The van der Waals surface area contributed by atoms with Gasteiger partial charge in [0.2, 0.25) is 0 Å². The SMILES string of the molecule is NNC(c1ccc(I)cc1)c1ccc2c(c1)OCCO2. The molecule has 1 aliphatic rings. The van der Waals surface area contributed by atoms with Crippen LogP contribution >= 0.6 is 22.6 Å². The minimum absolute atomic E-state index is 0.0668. The summed E-state index contributed by atoms with van der Waals surface area (Å²) >= 11 is 2.29. The lowest BCUT2D eigenvalue weighted by Crippen LogP contribution is -2.29. The Morgan fingerprint density at radius 3 is 2.30 bits per heavy atom. The molecular weight excluding hydrogens is 367 g/mol. The average molecular weight is 382 g/mol. The number of hydrazine groups is 1. The maximum Gasteiger partial charge on any atom is 0.161 e. The predicted octanol–water partition coefficient (Wildman–Crippen LogP) is 2.62. The van der Waals surface area contributed by atoms with E-state index in [4.69, 9.17) is 15.3 Å². The fraction of sp³-hybridized carbons (Fsp3) is 0.200. The summed E-state index contributed by atoms with van der Waals surface area (Å²) in [5.74, 6) is 7.29. The minimum atomic E-state index is -0.0668. The quantitative estimate of drug-likeness (QED) is 0.487. The van der Waals surface area contributed by atoms with E-state index < -0.39 is 0 Å². The fourth-order valence-electron chi connectivity index (χ4n) is 2.28. The van der Waals surface area contributed by atoms with Crippen LogP contribution in [0.15, 0.2) is 42.5 Å². The Morgan fingerprint density at radius 2 is 1.60 bits per heavy atom. The van der Waals surface area contributed by atoms with Gasteiger partial charge in [0, 0.05) is 3.57 Å². The molecule has 0 fully saturated rings. The summed E-state index contributed by atoms with van der Waals surface area (Å²) in [5.41, 5.74) is 5.03. The van der Waals surface area contributed by atoms with Gasteiger partial charge < -0.3 is 9.47 Å². The van der Waals surface area contributed by atoms with Crippen molar-refractivity contribution >= 4 is 22.6 Å². The molecule has 0 spiro atoms. The number of hydrogen-bond donors (Lipinski definition) is 2. The molecule has 0 saturated heterocycles. The predicted molar refractivity (Wildman–Crippen MR) is 85.8 cm³/mol. The van der Waals surface area contributed by atoms with Crippen LogP contribution in [-0.2, 0) is 0 Å². The lowest BCUT2D eigenvalue weighted by Gasteiger charge is -2.22. The van der Waals surface area contributed by atoms with Crippen molar-refractivity contribution in [3.8, 4) is 11.5 Å². The van der Waals surface area contributed by atoms with E-state index in [1.165, 1.54) is 3.57 Å². The van der Waals surface area contributed by atoms with Crippen LogP contribution in [0.4, 0.5) is 0 Å². The molecule has 0 saturated carbocycles. The first-order chi connectivity index (χ1) is 9.78. The van der Waals surface area contributed by atoms with Gasteiger partial charge in [0.15, 0.2) is 11.5 Å². The van der Waals surface area contributed by atoms with Gasteiger partial charge in [-0.15, -0.1) is 0 Å². The highest BCUT2D eigenvalue weighted by Crippen LogP contribution is 2.34. The summed E-state index contributed by atoms with van der Waals surface area (Å²) in [6.45, 7) is 1.18. The van der Waals surface area contributed by atoms with Crippen LogP contribution in [0.2, 0.25) is 0 Å². The summed E-state index contributed by atoms with van der Waals surface area (Å²) in [7, 11) is 0. The van der Waals surface area contributed by atoms with Crippen LogP contribution in [0, 0.1) is 3.57 Å². The summed E-state index contributed by atoms with van der Waals surface area (Å²) in [6.07, 6.45) is 0. The van der Waals surface area contributed by atoms with Gasteiger partial charge >= 0.3 is 0 Å². The molecule has 1 atom stereocenters. The highest BCUT2D eigenvalue weighted by Gasteiger charge is 2.17. The van der Waals surface area contributed by atoms with Gasteiger partial charge in [0.1, 0.15) is 13.2 Å². The molecule has 2 aromatic rings. The summed E-state index contributed by atoms with van der Waals surface area (Å²) in [6, 6.07) is 14.1. The van der Waals surface area contributed by atoms with Crippen molar-refractivity contribution in [3.05, 3.63) is 57.2 Å². The molecule has 3 N–H and O–H groups in total. The number of hydrogen-bond acceptors (Lipinski definition) is 4. The van der Waals surface area contributed by atoms with E-state index >= 15 is 0 Å². The summed E-state index contributed by atoms with van der Waals surface area (Å²) in [5, 5.41) is 0. The fourth-order valence-corrected chi connectivity index (χ4v) is 2.64. The van der Waals surface area contributed by atoms with Crippen molar-refractivity contribution in [1.29, 1.82) is 0 Å². The molecular formula is C15H15IN2O2. The standard InChI is InChI=1S/C15H15IN2O2/c16-12-4-1-10(2-5-12)15(18-17)11-3-6-13-14(9-11)20-8-7-19-13/h1-6,9,15,18H,7-8,17H2. The molecule has 104 valence electrons. The van der Waals surface area contributed by atoms with Crippen LogP contribution in [0.5, 0.6) is 11.5 Å². The Bertz CT molecular complexity index is 601. The molecule has 5 heteroatoms. The zero-order chi connectivity index (χ0) is 13.9. The molecule has 0 aliphatic carbocycles. The third kappa shape index (κ3) is 2.74. The third-order valence-corrected chi connectivity index (χ3v) is 3.99. The van der Waals surface area contributed by atoms with Crippen molar-refractivity contribution in [2.24, 2.45) is 5.84 Å². The van der Waals surface area contributed by atoms with Gasteiger partial charge in [-0.3, -0.25) is 5.84 Å².